The maximum Gasteiger partial charge on any atom is 0.283 e. The third-order valence-corrected chi connectivity index (χ3v) is 4.46. The number of nitro benzene ring substituents is 1. The van der Waals surface area contributed by atoms with E-state index in [1.54, 1.807) is 6.07 Å². The molecule has 0 atom stereocenters. The number of nitrogens with zero attached hydrogens (tertiary/aromatic N) is 1. The third-order valence-electron chi connectivity index (χ3n) is 2.67. The Kier molecular flexibility index (Phi) is 4.81. The molecule has 0 fully saturated rings. The van der Waals surface area contributed by atoms with Crippen molar-refractivity contribution < 1.29 is 4.92 Å². The van der Waals surface area contributed by atoms with E-state index < -0.39 is 0 Å². The number of nitro groups is 1. The Bertz CT molecular complexity index is 599. The highest BCUT2D eigenvalue weighted by Crippen LogP contribution is 2.35. The lowest BCUT2D eigenvalue weighted by molar-refractivity contribution is -0.387. The lowest BCUT2D eigenvalue weighted by Gasteiger charge is -2.05. The van der Waals surface area contributed by atoms with Crippen LogP contribution in [0.1, 0.15) is 12.5 Å². The minimum atomic E-state index is -0.311. The van der Waals surface area contributed by atoms with Crippen molar-refractivity contribution in [3.8, 4) is 0 Å². The van der Waals surface area contributed by atoms with Gasteiger partial charge < -0.3 is 0 Å². The van der Waals surface area contributed by atoms with Gasteiger partial charge in [-0.3, -0.25) is 10.1 Å². The van der Waals surface area contributed by atoms with Crippen molar-refractivity contribution in [2.45, 2.75) is 23.1 Å². The first-order valence-corrected chi connectivity index (χ1v) is 7.70. The highest BCUT2D eigenvalue weighted by molar-refractivity contribution is 14.1. The number of benzene rings is 2. The minimum absolute atomic E-state index is 0.183. The Hall–Kier alpha value is -1.08. The summed E-state index contributed by atoms with van der Waals surface area (Å²) in [4.78, 5) is 12.5. The zero-order chi connectivity index (χ0) is 13.8. The van der Waals surface area contributed by atoms with Crippen LogP contribution in [0.25, 0.3) is 0 Å². The van der Waals surface area contributed by atoms with Crippen molar-refractivity contribution in [2.24, 2.45) is 0 Å². The molecule has 5 heteroatoms. The molecule has 2 rings (SSSR count). The summed E-state index contributed by atoms with van der Waals surface area (Å²) in [5.74, 6) is 0. The maximum absolute atomic E-state index is 11.1. The van der Waals surface area contributed by atoms with E-state index in [2.05, 4.69) is 22.6 Å². The van der Waals surface area contributed by atoms with Crippen LogP contribution in [-0.2, 0) is 6.42 Å². The minimum Gasteiger partial charge on any atom is -0.258 e. The van der Waals surface area contributed by atoms with Gasteiger partial charge in [0, 0.05) is 14.5 Å². The van der Waals surface area contributed by atoms with Crippen LogP contribution in [-0.4, -0.2) is 4.92 Å². The molecule has 98 valence electrons. The van der Waals surface area contributed by atoms with E-state index >= 15 is 0 Å². The van der Waals surface area contributed by atoms with Crippen LogP contribution in [0.4, 0.5) is 5.69 Å². The summed E-state index contributed by atoms with van der Waals surface area (Å²) in [7, 11) is 0. The second kappa shape index (κ2) is 6.38. The van der Waals surface area contributed by atoms with Crippen LogP contribution in [0.2, 0.25) is 0 Å². The van der Waals surface area contributed by atoms with E-state index in [4.69, 9.17) is 0 Å². The molecule has 0 aromatic heterocycles. The van der Waals surface area contributed by atoms with Crippen molar-refractivity contribution in [1.29, 1.82) is 0 Å². The molecular weight excluding hydrogens is 373 g/mol. The monoisotopic (exact) mass is 385 g/mol. The molecule has 0 unspecified atom stereocenters. The fourth-order valence-electron chi connectivity index (χ4n) is 1.64. The van der Waals surface area contributed by atoms with Crippen molar-refractivity contribution in [3.63, 3.8) is 0 Å². The first kappa shape index (κ1) is 14.3. The molecule has 0 spiro atoms. The Morgan fingerprint density at radius 2 is 1.89 bits per heavy atom. The second-order valence-corrected chi connectivity index (χ2v) is 6.33. The zero-order valence-electron chi connectivity index (χ0n) is 10.3. The first-order chi connectivity index (χ1) is 9.10. The number of aryl methyl sites for hydroxylation is 1. The lowest BCUT2D eigenvalue weighted by Crippen LogP contribution is -1.93. The van der Waals surface area contributed by atoms with E-state index in [-0.39, 0.29) is 10.6 Å². The van der Waals surface area contributed by atoms with Gasteiger partial charge in [-0.05, 0) is 64.9 Å². The smallest absolute Gasteiger partial charge is 0.258 e. The standard InChI is InChI=1S/C14H12INO2S/c1-2-10-3-8-14(13(9-10)16(17)18)19-12-6-4-11(15)5-7-12/h3-9H,2H2,1H3. The molecule has 2 aromatic carbocycles. The second-order valence-electron chi connectivity index (χ2n) is 3.97. The van der Waals surface area contributed by atoms with E-state index in [1.807, 2.05) is 43.3 Å². The van der Waals surface area contributed by atoms with E-state index in [0.717, 1.165) is 20.4 Å². The summed E-state index contributed by atoms with van der Waals surface area (Å²) in [6.07, 6.45) is 0.801. The molecule has 0 amide bonds. The Morgan fingerprint density at radius 3 is 2.47 bits per heavy atom. The fourth-order valence-corrected chi connectivity index (χ4v) is 2.90. The normalized spacial score (nSPS) is 10.4. The molecule has 0 N–H and O–H groups in total. The van der Waals surface area contributed by atoms with Gasteiger partial charge in [-0.2, -0.15) is 0 Å². The van der Waals surface area contributed by atoms with Crippen LogP contribution in [0.15, 0.2) is 52.3 Å². The molecule has 0 aliphatic heterocycles. The van der Waals surface area contributed by atoms with Gasteiger partial charge in [-0.1, -0.05) is 24.8 Å². The summed E-state index contributed by atoms with van der Waals surface area (Å²) in [6, 6.07) is 13.4. The Morgan fingerprint density at radius 1 is 1.21 bits per heavy atom. The summed E-state index contributed by atoms with van der Waals surface area (Å²) in [5, 5.41) is 11.1. The quantitative estimate of drug-likeness (QED) is 0.427. The fraction of sp³-hybridized carbons (Fsp3) is 0.143. The zero-order valence-corrected chi connectivity index (χ0v) is 13.3. The third kappa shape index (κ3) is 3.70. The van der Waals surface area contributed by atoms with E-state index in [0.29, 0.717) is 4.90 Å². The molecule has 2 aromatic rings. The lowest BCUT2D eigenvalue weighted by atomic mass is 10.1. The van der Waals surface area contributed by atoms with Gasteiger partial charge in [0.15, 0.2) is 0 Å². The van der Waals surface area contributed by atoms with Crippen molar-refractivity contribution in [1.82, 2.24) is 0 Å². The molecule has 0 aliphatic carbocycles. The van der Waals surface area contributed by atoms with Gasteiger partial charge in [0.1, 0.15) is 0 Å². The largest absolute Gasteiger partial charge is 0.283 e. The van der Waals surface area contributed by atoms with Gasteiger partial charge in [0.2, 0.25) is 0 Å². The van der Waals surface area contributed by atoms with E-state index in [1.165, 1.54) is 11.8 Å². The molecular formula is C14H12INO2S. The van der Waals surface area contributed by atoms with Crippen molar-refractivity contribution >= 4 is 40.0 Å². The Balaban J connectivity index is 2.33. The number of hydrogen-bond acceptors (Lipinski definition) is 3. The number of halogens is 1. The summed E-state index contributed by atoms with van der Waals surface area (Å²) >= 11 is 3.66. The Labute approximate surface area is 129 Å². The van der Waals surface area contributed by atoms with E-state index in [9.17, 15) is 10.1 Å². The predicted molar refractivity (Wildman–Crippen MR) is 85.8 cm³/mol. The van der Waals surface area contributed by atoms with Crippen molar-refractivity contribution in [2.75, 3.05) is 0 Å². The van der Waals surface area contributed by atoms with Crippen LogP contribution >= 0.6 is 34.4 Å². The van der Waals surface area contributed by atoms with Gasteiger partial charge in [0.05, 0.1) is 9.82 Å². The molecule has 0 radical (unpaired) electrons. The number of rotatable bonds is 4. The highest BCUT2D eigenvalue weighted by atomic mass is 127. The van der Waals surface area contributed by atoms with Gasteiger partial charge >= 0.3 is 0 Å². The summed E-state index contributed by atoms with van der Waals surface area (Å²) < 4.78 is 1.15. The van der Waals surface area contributed by atoms with Crippen LogP contribution in [0, 0.1) is 13.7 Å². The molecule has 0 saturated heterocycles. The van der Waals surface area contributed by atoms with Gasteiger partial charge in [0.25, 0.3) is 5.69 Å². The first-order valence-electron chi connectivity index (χ1n) is 5.81. The maximum atomic E-state index is 11.1. The summed E-state index contributed by atoms with van der Waals surface area (Å²) in [6.45, 7) is 1.99. The molecule has 0 bridgehead atoms. The van der Waals surface area contributed by atoms with Crippen LogP contribution in [0.5, 0.6) is 0 Å². The molecule has 3 nitrogen and oxygen atoms in total. The number of hydrogen-bond donors (Lipinski definition) is 0. The van der Waals surface area contributed by atoms with Gasteiger partial charge in [-0.15, -0.1) is 0 Å². The van der Waals surface area contributed by atoms with Crippen LogP contribution < -0.4 is 0 Å². The molecule has 19 heavy (non-hydrogen) atoms. The average molecular weight is 385 g/mol. The van der Waals surface area contributed by atoms with Gasteiger partial charge in [-0.25, -0.2) is 0 Å². The molecule has 0 saturated carbocycles. The summed E-state index contributed by atoms with van der Waals surface area (Å²) in [5.41, 5.74) is 1.17. The molecule has 0 heterocycles. The predicted octanol–water partition coefficient (Wildman–Crippen LogP) is 4.91. The SMILES string of the molecule is CCc1ccc(Sc2ccc(I)cc2)c([N+](=O)[O-])c1. The average Bonchev–Trinajstić information content (AvgIpc) is 2.41. The topological polar surface area (TPSA) is 43.1 Å². The van der Waals surface area contributed by atoms with Crippen LogP contribution in [0.3, 0.4) is 0 Å². The molecule has 0 aliphatic rings. The van der Waals surface area contributed by atoms with Crippen molar-refractivity contribution in [3.05, 3.63) is 61.7 Å². The highest BCUT2D eigenvalue weighted by Gasteiger charge is 2.15.